The maximum atomic E-state index is 10.0. The van der Waals surface area contributed by atoms with Crippen LogP contribution in [-0.2, 0) is 6.42 Å². The lowest BCUT2D eigenvalue weighted by molar-refractivity contribution is 0.102. The van der Waals surface area contributed by atoms with Crippen molar-refractivity contribution in [3.63, 3.8) is 0 Å². The first kappa shape index (κ1) is 16.3. The Morgan fingerprint density at radius 1 is 1.24 bits per heavy atom. The summed E-state index contributed by atoms with van der Waals surface area (Å²) in [7, 11) is 0. The third-order valence-corrected chi connectivity index (χ3v) is 4.74. The average molecular weight is 288 g/mol. The van der Waals surface area contributed by atoms with Gasteiger partial charge in [-0.1, -0.05) is 49.4 Å². The predicted molar refractivity (Wildman–Crippen MR) is 87.0 cm³/mol. The van der Waals surface area contributed by atoms with Crippen molar-refractivity contribution in [3.05, 3.63) is 48.0 Å². The van der Waals surface area contributed by atoms with Gasteiger partial charge in [-0.05, 0) is 55.9 Å². The maximum absolute atomic E-state index is 10.0. The minimum atomic E-state index is -0.374. The summed E-state index contributed by atoms with van der Waals surface area (Å²) in [4.78, 5) is 0. The Hall–Kier alpha value is -1.12. The Bertz CT molecular complexity index is 416. The number of benzene rings is 1. The zero-order valence-electron chi connectivity index (χ0n) is 13.0. The number of aliphatic hydroxyl groups is 2. The van der Waals surface area contributed by atoms with Crippen LogP contribution in [0.1, 0.15) is 44.6 Å². The van der Waals surface area contributed by atoms with Crippen LogP contribution in [0.2, 0.25) is 0 Å². The van der Waals surface area contributed by atoms with Crippen molar-refractivity contribution in [2.75, 3.05) is 0 Å². The molecule has 2 N–H and O–H groups in total. The average Bonchev–Trinajstić information content (AvgIpc) is 2.81. The molecule has 1 aromatic rings. The van der Waals surface area contributed by atoms with Gasteiger partial charge < -0.3 is 10.2 Å². The molecule has 0 aliphatic heterocycles. The molecule has 4 unspecified atom stereocenters. The van der Waals surface area contributed by atoms with E-state index in [-0.39, 0.29) is 12.2 Å². The zero-order valence-corrected chi connectivity index (χ0v) is 13.0. The molecular weight excluding hydrogens is 260 g/mol. The number of rotatable bonds is 7. The zero-order chi connectivity index (χ0) is 15.1. The SMILES string of the molecule is CC1CCC(O)C1CCC(O)C=CCCc1ccccc1. The third-order valence-electron chi connectivity index (χ3n) is 4.74. The van der Waals surface area contributed by atoms with Gasteiger partial charge in [0.25, 0.3) is 0 Å². The van der Waals surface area contributed by atoms with Crippen LogP contribution in [0.5, 0.6) is 0 Å². The van der Waals surface area contributed by atoms with E-state index in [2.05, 4.69) is 37.3 Å². The number of hydrogen-bond donors (Lipinski definition) is 2. The van der Waals surface area contributed by atoms with Gasteiger partial charge in [-0.25, -0.2) is 0 Å². The minimum absolute atomic E-state index is 0.158. The van der Waals surface area contributed by atoms with E-state index in [0.717, 1.165) is 38.5 Å². The smallest absolute Gasteiger partial charge is 0.0721 e. The molecule has 21 heavy (non-hydrogen) atoms. The molecule has 1 fully saturated rings. The fraction of sp³-hybridized carbons (Fsp3) is 0.579. The normalized spacial score (nSPS) is 27.3. The van der Waals surface area contributed by atoms with E-state index < -0.39 is 0 Å². The monoisotopic (exact) mass is 288 g/mol. The first-order valence-electron chi connectivity index (χ1n) is 8.23. The highest BCUT2D eigenvalue weighted by Gasteiger charge is 2.31. The molecule has 1 aliphatic rings. The summed E-state index contributed by atoms with van der Waals surface area (Å²) >= 11 is 0. The molecule has 0 spiro atoms. The van der Waals surface area contributed by atoms with Crippen molar-refractivity contribution in [1.82, 2.24) is 0 Å². The minimum Gasteiger partial charge on any atom is -0.393 e. The summed E-state index contributed by atoms with van der Waals surface area (Å²) in [6.07, 6.45) is 9.16. The van der Waals surface area contributed by atoms with Crippen LogP contribution in [0.3, 0.4) is 0 Å². The first-order valence-corrected chi connectivity index (χ1v) is 8.23. The lowest BCUT2D eigenvalue weighted by Crippen LogP contribution is -2.19. The van der Waals surface area contributed by atoms with Crippen LogP contribution in [0.4, 0.5) is 0 Å². The second-order valence-corrected chi connectivity index (χ2v) is 6.38. The van der Waals surface area contributed by atoms with Crippen molar-refractivity contribution in [1.29, 1.82) is 0 Å². The highest BCUT2D eigenvalue weighted by atomic mass is 16.3. The molecule has 2 rings (SSSR count). The standard InChI is InChI=1S/C19H28O2/c1-15-11-14-19(21)18(15)13-12-17(20)10-6-5-9-16-7-3-2-4-8-16/h2-4,6-8,10,15,17-21H,5,9,11-14H2,1H3. The quantitative estimate of drug-likeness (QED) is 0.751. The molecule has 0 saturated heterocycles. The van der Waals surface area contributed by atoms with Gasteiger partial charge in [0.05, 0.1) is 12.2 Å². The van der Waals surface area contributed by atoms with Gasteiger partial charge >= 0.3 is 0 Å². The van der Waals surface area contributed by atoms with E-state index in [1.54, 1.807) is 0 Å². The summed E-state index contributed by atoms with van der Waals surface area (Å²) in [5, 5.41) is 19.9. The summed E-state index contributed by atoms with van der Waals surface area (Å²) in [6.45, 7) is 2.21. The van der Waals surface area contributed by atoms with Gasteiger partial charge in [0.15, 0.2) is 0 Å². The Balaban J connectivity index is 1.65. The fourth-order valence-electron chi connectivity index (χ4n) is 3.33. The van der Waals surface area contributed by atoms with E-state index >= 15 is 0 Å². The van der Waals surface area contributed by atoms with Gasteiger partial charge in [0, 0.05) is 0 Å². The van der Waals surface area contributed by atoms with Gasteiger partial charge in [0.1, 0.15) is 0 Å². The summed E-state index contributed by atoms with van der Waals surface area (Å²) < 4.78 is 0. The molecule has 1 saturated carbocycles. The van der Waals surface area contributed by atoms with E-state index in [1.165, 1.54) is 5.56 Å². The van der Waals surface area contributed by atoms with Gasteiger partial charge in [-0.15, -0.1) is 0 Å². The highest BCUT2D eigenvalue weighted by Crippen LogP contribution is 2.35. The Labute approximate surface area is 128 Å². The van der Waals surface area contributed by atoms with E-state index in [9.17, 15) is 10.2 Å². The van der Waals surface area contributed by atoms with Gasteiger partial charge in [-0.2, -0.15) is 0 Å². The van der Waals surface area contributed by atoms with Crippen LogP contribution in [-0.4, -0.2) is 22.4 Å². The molecule has 0 amide bonds. The molecule has 1 aromatic carbocycles. The second kappa shape index (κ2) is 8.35. The van der Waals surface area contributed by atoms with Crippen molar-refractivity contribution in [3.8, 4) is 0 Å². The van der Waals surface area contributed by atoms with E-state index in [1.807, 2.05) is 12.1 Å². The number of aliphatic hydroxyl groups excluding tert-OH is 2. The molecule has 1 aliphatic carbocycles. The van der Waals surface area contributed by atoms with Crippen molar-refractivity contribution < 1.29 is 10.2 Å². The summed E-state index contributed by atoms with van der Waals surface area (Å²) in [5.74, 6) is 0.964. The van der Waals surface area contributed by atoms with Crippen LogP contribution in [0.15, 0.2) is 42.5 Å². The van der Waals surface area contributed by atoms with E-state index in [0.29, 0.717) is 11.8 Å². The molecule has 0 heterocycles. The van der Waals surface area contributed by atoms with Crippen LogP contribution in [0, 0.1) is 11.8 Å². The van der Waals surface area contributed by atoms with Crippen molar-refractivity contribution in [2.45, 2.75) is 57.7 Å². The maximum Gasteiger partial charge on any atom is 0.0721 e. The molecule has 0 bridgehead atoms. The largest absolute Gasteiger partial charge is 0.393 e. The van der Waals surface area contributed by atoms with Crippen molar-refractivity contribution in [2.24, 2.45) is 11.8 Å². The predicted octanol–water partition coefficient (Wildman–Crippen LogP) is 3.72. The Morgan fingerprint density at radius 2 is 2.00 bits per heavy atom. The number of hydrogen-bond acceptors (Lipinski definition) is 2. The van der Waals surface area contributed by atoms with Crippen LogP contribution < -0.4 is 0 Å². The van der Waals surface area contributed by atoms with Crippen molar-refractivity contribution >= 4 is 0 Å². The molecule has 2 nitrogen and oxygen atoms in total. The van der Waals surface area contributed by atoms with Crippen LogP contribution in [0.25, 0.3) is 0 Å². The third kappa shape index (κ3) is 5.29. The lowest BCUT2D eigenvalue weighted by Gasteiger charge is -2.19. The molecule has 116 valence electrons. The molecule has 0 aromatic heterocycles. The topological polar surface area (TPSA) is 40.5 Å². The second-order valence-electron chi connectivity index (χ2n) is 6.38. The summed E-state index contributed by atoms with van der Waals surface area (Å²) in [6, 6.07) is 10.4. The molecular formula is C19H28O2. The highest BCUT2D eigenvalue weighted by molar-refractivity contribution is 5.15. The Kier molecular flexibility index (Phi) is 6.47. The first-order chi connectivity index (χ1) is 10.2. The number of aryl methyl sites for hydroxylation is 1. The molecule has 2 heteroatoms. The lowest BCUT2D eigenvalue weighted by atomic mass is 9.90. The van der Waals surface area contributed by atoms with E-state index in [4.69, 9.17) is 0 Å². The Morgan fingerprint density at radius 3 is 2.67 bits per heavy atom. The van der Waals surface area contributed by atoms with Gasteiger partial charge in [-0.3, -0.25) is 0 Å². The summed E-state index contributed by atoms with van der Waals surface area (Å²) in [5.41, 5.74) is 1.33. The number of allylic oxidation sites excluding steroid dienone is 1. The van der Waals surface area contributed by atoms with Gasteiger partial charge in [0.2, 0.25) is 0 Å². The molecule has 0 radical (unpaired) electrons. The molecule has 4 atom stereocenters. The fourth-order valence-corrected chi connectivity index (χ4v) is 3.33. The van der Waals surface area contributed by atoms with Crippen LogP contribution >= 0.6 is 0 Å².